The molecule has 98 valence electrons. The quantitative estimate of drug-likeness (QED) is 0.608. The van der Waals surface area contributed by atoms with Gasteiger partial charge in [-0.2, -0.15) is 0 Å². The van der Waals surface area contributed by atoms with Gasteiger partial charge in [-0.1, -0.05) is 13.8 Å². The van der Waals surface area contributed by atoms with Crippen LogP contribution in [0.25, 0.3) is 0 Å². The third kappa shape index (κ3) is 3.53. The number of hydrogen-bond acceptors (Lipinski definition) is 4. The van der Waals surface area contributed by atoms with Crippen molar-refractivity contribution in [3.05, 3.63) is 39.9 Å². The smallest absolute Gasteiger partial charge is 0.269 e. The van der Waals surface area contributed by atoms with E-state index in [-0.39, 0.29) is 23.6 Å². The van der Waals surface area contributed by atoms with Gasteiger partial charge in [-0.15, -0.1) is 0 Å². The molecule has 1 atom stereocenters. The number of non-ortho nitro benzene ring substituents is 1. The van der Waals surface area contributed by atoms with Gasteiger partial charge in [-0.3, -0.25) is 14.9 Å². The first-order chi connectivity index (χ1) is 8.45. The molecule has 3 N–H and O–H groups in total. The fourth-order valence-corrected chi connectivity index (χ4v) is 1.48. The summed E-state index contributed by atoms with van der Waals surface area (Å²) in [6.07, 6.45) is 0. The molecule has 0 aromatic heterocycles. The Bertz CT molecular complexity index is 429. The molecule has 1 aromatic carbocycles. The van der Waals surface area contributed by atoms with Gasteiger partial charge in [0.05, 0.1) is 4.92 Å². The van der Waals surface area contributed by atoms with Gasteiger partial charge in [0.15, 0.2) is 0 Å². The second-order valence-electron chi connectivity index (χ2n) is 4.36. The van der Waals surface area contributed by atoms with Gasteiger partial charge in [0.25, 0.3) is 11.6 Å². The molecule has 1 amide bonds. The summed E-state index contributed by atoms with van der Waals surface area (Å²) in [5.41, 5.74) is 5.91. The first-order valence-electron chi connectivity index (χ1n) is 5.71. The first kappa shape index (κ1) is 14.1. The molecule has 1 rings (SSSR count). The van der Waals surface area contributed by atoms with E-state index in [0.29, 0.717) is 12.1 Å². The molecular formula is C12H17N3O3. The van der Waals surface area contributed by atoms with Crippen LogP contribution in [0, 0.1) is 16.0 Å². The molecule has 0 aliphatic carbocycles. The Balaban J connectivity index is 2.75. The van der Waals surface area contributed by atoms with Crippen LogP contribution in [0.15, 0.2) is 24.3 Å². The lowest BCUT2D eigenvalue weighted by Crippen LogP contribution is -2.43. The van der Waals surface area contributed by atoms with Gasteiger partial charge >= 0.3 is 0 Å². The lowest BCUT2D eigenvalue weighted by molar-refractivity contribution is -0.384. The van der Waals surface area contributed by atoms with Crippen LogP contribution < -0.4 is 11.1 Å². The molecule has 0 heterocycles. The van der Waals surface area contributed by atoms with Gasteiger partial charge in [-0.05, 0) is 18.1 Å². The number of nitrogens with one attached hydrogen (secondary N) is 1. The van der Waals surface area contributed by atoms with Crippen molar-refractivity contribution in [3.8, 4) is 0 Å². The molecule has 6 heteroatoms. The topological polar surface area (TPSA) is 98.3 Å². The Morgan fingerprint density at radius 2 is 1.94 bits per heavy atom. The number of nitro groups is 1. The van der Waals surface area contributed by atoms with Crippen molar-refractivity contribution in [1.82, 2.24) is 5.32 Å². The molecule has 18 heavy (non-hydrogen) atoms. The van der Waals surface area contributed by atoms with E-state index in [1.54, 1.807) is 0 Å². The van der Waals surface area contributed by atoms with E-state index in [2.05, 4.69) is 5.32 Å². The highest BCUT2D eigenvalue weighted by molar-refractivity contribution is 5.94. The standard InChI is InChI=1S/C12H17N3O3/c1-8(2)11(7-13)14-12(16)9-3-5-10(6-4-9)15(17)18/h3-6,8,11H,7,13H2,1-2H3,(H,14,16). The third-order valence-corrected chi connectivity index (χ3v) is 2.72. The average Bonchev–Trinajstić information content (AvgIpc) is 2.35. The van der Waals surface area contributed by atoms with Crippen molar-refractivity contribution in [2.75, 3.05) is 6.54 Å². The number of nitro benzene ring substituents is 1. The van der Waals surface area contributed by atoms with Crippen LogP contribution in [-0.2, 0) is 0 Å². The molecule has 0 bridgehead atoms. The van der Waals surface area contributed by atoms with Gasteiger partial charge in [0.2, 0.25) is 0 Å². The number of nitrogens with zero attached hydrogens (tertiary/aromatic N) is 1. The van der Waals surface area contributed by atoms with Crippen LogP contribution in [0.1, 0.15) is 24.2 Å². The van der Waals surface area contributed by atoms with Crippen molar-refractivity contribution in [1.29, 1.82) is 0 Å². The molecule has 0 aliphatic rings. The zero-order valence-corrected chi connectivity index (χ0v) is 10.4. The summed E-state index contributed by atoms with van der Waals surface area (Å²) >= 11 is 0. The van der Waals surface area contributed by atoms with Crippen molar-refractivity contribution in [2.45, 2.75) is 19.9 Å². The highest BCUT2D eigenvalue weighted by atomic mass is 16.6. The number of carbonyl (C=O) groups is 1. The number of nitrogens with two attached hydrogens (primary N) is 1. The van der Waals surface area contributed by atoms with Crippen LogP contribution in [0.4, 0.5) is 5.69 Å². The molecule has 6 nitrogen and oxygen atoms in total. The van der Waals surface area contributed by atoms with E-state index >= 15 is 0 Å². The first-order valence-corrected chi connectivity index (χ1v) is 5.71. The summed E-state index contributed by atoms with van der Waals surface area (Å²) in [5.74, 6) is -0.0361. The minimum absolute atomic E-state index is 0.0363. The monoisotopic (exact) mass is 251 g/mol. The van der Waals surface area contributed by atoms with Gasteiger partial charge in [-0.25, -0.2) is 0 Å². The van der Waals surface area contributed by atoms with Crippen LogP contribution >= 0.6 is 0 Å². The van der Waals surface area contributed by atoms with E-state index in [9.17, 15) is 14.9 Å². The molecule has 0 fully saturated rings. The SMILES string of the molecule is CC(C)C(CN)NC(=O)c1ccc([N+](=O)[O-])cc1. The number of amides is 1. The van der Waals surface area contributed by atoms with Crippen LogP contribution in [-0.4, -0.2) is 23.4 Å². The number of hydrogen-bond donors (Lipinski definition) is 2. The van der Waals surface area contributed by atoms with Gasteiger partial charge in [0.1, 0.15) is 0 Å². The number of benzene rings is 1. The Morgan fingerprint density at radius 3 is 2.33 bits per heavy atom. The highest BCUT2D eigenvalue weighted by Crippen LogP contribution is 2.12. The summed E-state index contributed by atoms with van der Waals surface area (Å²) in [4.78, 5) is 21.8. The summed E-state index contributed by atoms with van der Waals surface area (Å²) in [6.45, 7) is 4.29. The second kappa shape index (κ2) is 6.11. The van der Waals surface area contributed by atoms with Gasteiger partial charge < -0.3 is 11.1 Å². The van der Waals surface area contributed by atoms with Crippen molar-refractivity contribution >= 4 is 11.6 Å². The Kier molecular flexibility index (Phi) is 4.79. The maximum absolute atomic E-state index is 11.9. The van der Waals surface area contributed by atoms with E-state index in [1.165, 1.54) is 24.3 Å². The van der Waals surface area contributed by atoms with Gasteiger partial charge in [0, 0.05) is 30.3 Å². The minimum atomic E-state index is -0.501. The molecule has 0 spiro atoms. The normalized spacial score (nSPS) is 12.2. The van der Waals surface area contributed by atoms with E-state index in [4.69, 9.17) is 5.73 Å². The van der Waals surface area contributed by atoms with Crippen molar-refractivity contribution in [3.63, 3.8) is 0 Å². The summed E-state index contributed by atoms with van der Waals surface area (Å²) in [5, 5.41) is 13.3. The largest absolute Gasteiger partial charge is 0.348 e. The van der Waals surface area contributed by atoms with E-state index in [1.807, 2.05) is 13.8 Å². The fraction of sp³-hybridized carbons (Fsp3) is 0.417. The lowest BCUT2D eigenvalue weighted by atomic mass is 10.0. The lowest BCUT2D eigenvalue weighted by Gasteiger charge is -2.20. The minimum Gasteiger partial charge on any atom is -0.348 e. The summed E-state index contributed by atoms with van der Waals surface area (Å²) in [6, 6.07) is 5.37. The second-order valence-corrected chi connectivity index (χ2v) is 4.36. The summed E-state index contributed by atoms with van der Waals surface area (Å²) < 4.78 is 0. The predicted molar refractivity (Wildman–Crippen MR) is 68.2 cm³/mol. The van der Waals surface area contributed by atoms with Crippen molar-refractivity contribution in [2.24, 2.45) is 11.7 Å². The molecule has 1 unspecified atom stereocenters. The van der Waals surface area contributed by atoms with Crippen molar-refractivity contribution < 1.29 is 9.72 Å². The molecule has 1 aromatic rings. The molecule has 0 saturated carbocycles. The van der Waals surface area contributed by atoms with Crippen LogP contribution in [0.5, 0.6) is 0 Å². The van der Waals surface area contributed by atoms with E-state index in [0.717, 1.165) is 0 Å². The average molecular weight is 251 g/mol. The Labute approximate surface area is 105 Å². The van der Waals surface area contributed by atoms with Crippen LogP contribution in [0.2, 0.25) is 0 Å². The Hall–Kier alpha value is -1.95. The maximum atomic E-state index is 11.9. The fourth-order valence-electron chi connectivity index (χ4n) is 1.48. The molecule has 0 aliphatic heterocycles. The zero-order valence-electron chi connectivity index (χ0n) is 10.4. The maximum Gasteiger partial charge on any atom is 0.269 e. The number of carbonyl (C=O) groups excluding carboxylic acids is 1. The van der Waals surface area contributed by atoms with E-state index < -0.39 is 4.92 Å². The molecular weight excluding hydrogens is 234 g/mol. The molecule has 0 radical (unpaired) electrons. The highest BCUT2D eigenvalue weighted by Gasteiger charge is 2.16. The zero-order chi connectivity index (χ0) is 13.7. The number of rotatable bonds is 5. The third-order valence-electron chi connectivity index (χ3n) is 2.72. The summed E-state index contributed by atoms with van der Waals surface area (Å²) in [7, 11) is 0. The molecule has 0 saturated heterocycles. The predicted octanol–water partition coefficient (Wildman–Crippen LogP) is 1.31. The Morgan fingerprint density at radius 1 is 1.39 bits per heavy atom. The van der Waals surface area contributed by atoms with Crippen LogP contribution in [0.3, 0.4) is 0 Å².